The highest BCUT2D eigenvalue weighted by atomic mass is 35.5. The summed E-state index contributed by atoms with van der Waals surface area (Å²) in [6, 6.07) is 5.89. The average molecular weight is 703 g/mol. The number of amides is 3. The van der Waals surface area contributed by atoms with Crippen LogP contribution in [0.5, 0.6) is 0 Å². The number of carbonyl (C=O) groups excluding carboxylic acids is 2. The van der Waals surface area contributed by atoms with Crippen LogP contribution in [0.1, 0.15) is 131 Å². The second kappa shape index (κ2) is 17.5. The molecule has 0 saturated carbocycles. The van der Waals surface area contributed by atoms with Gasteiger partial charge >= 0.3 is 6.03 Å². The number of anilines is 1. The summed E-state index contributed by atoms with van der Waals surface area (Å²) in [4.78, 5) is 31.0. The Hall–Kier alpha value is -2.01. The van der Waals surface area contributed by atoms with E-state index in [0.717, 1.165) is 25.7 Å². The molecule has 4 fully saturated rings. The summed E-state index contributed by atoms with van der Waals surface area (Å²) < 4.78 is 31.7. The monoisotopic (exact) mass is 702 g/mol. The topological polar surface area (TPSA) is 86.8 Å². The quantitative estimate of drug-likeness (QED) is 0.111. The zero-order valence-corrected chi connectivity index (χ0v) is 31.1. The van der Waals surface area contributed by atoms with Crippen molar-refractivity contribution in [2.75, 3.05) is 11.4 Å². The van der Waals surface area contributed by atoms with Gasteiger partial charge in [-0.15, -0.1) is 0 Å². The van der Waals surface area contributed by atoms with Gasteiger partial charge in [-0.1, -0.05) is 88.5 Å². The molecule has 0 aromatic heterocycles. The van der Waals surface area contributed by atoms with E-state index in [-0.39, 0.29) is 18.4 Å². The van der Waals surface area contributed by atoms with Crippen LogP contribution in [0.15, 0.2) is 36.4 Å². The Labute approximate surface area is 298 Å². The minimum absolute atomic E-state index is 0.0834. The van der Waals surface area contributed by atoms with E-state index >= 15 is 0 Å². The van der Waals surface area contributed by atoms with Crippen LogP contribution < -0.4 is 4.90 Å². The Balaban J connectivity index is 1.17. The lowest BCUT2D eigenvalue weighted by Gasteiger charge is -2.47. The molecule has 0 unspecified atom stereocenters. The van der Waals surface area contributed by atoms with E-state index in [1.165, 1.54) is 69.1 Å². The van der Waals surface area contributed by atoms with E-state index in [4.69, 9.17) is 35.3 Å². The number of nitrogens with zero attached hydrogens (tertiary/aromatic N) is 2. The summed E-state index contributed by atoms with van der Waals surface area (Å²) in [5.74, 6) is -2.04. The van der Waals surface area contributed by atoms with Crippen LogP contribution in [-0.4, -0.2) is 71.7 Å². The van der Waals surface area contributed by atoms with Crippen molar-refractivity contribution in [3.05, 3.63) is 41.4 Å². The second-order valence-electron chi connectivity index (χ2n) is 15.0. The number of hydrogen-bond acceptors (Lipinski definition) is 7. The molecular formula is C39H59ClN2O7. The van der Waals surface area contributed by atoms with Crippen molar-refractivity contribution in [2.45, 2.75) is 179 Å². The SMILES string of the molecule is CCCCCCCC/C=C/CCCCCCCCN1C(=O)N(c2ccc(Cl)cc2)C(=O)C[C@@H]1[C@H]1O[C@@H]2OC(C)(C)O[C@@H]2[C@H]2OC(C)(C)O[C@H]21. The maximum atomic E-state index is 14.2. The van der Waals surface area contributed by atoms with Gasteiger partial charge < -0.3 is 28.6 Å². The number of rotatable bonds is 18. The van der Waals surface area contributed by atoms with E-state index in [2.05, 4.69) is 19.1 Å². The normalized spacial score (nSPS) is 29.2. The highest BCUT2D eigenvalue weighted by Gasteiger charge is 2.63. The molecule has 0 aliphatic carbocycles. The fourth-order valence-electron chi connectivity index (χ4n) is 7.64. The molecule has 0 bridgehead atoms. The summed E-state index contributed by atoms with van der Waals surface area (Å²) in [6.45, 7) is 10.2. The Kier molecular flexibility index (Phi) is 13.6. The van der Waals surface area contributed by atoms with Crippen LogP contribution in [0, 0.1) is 0 Å². The van der Waals surface area contributed by atoms with Gasteiger partial charge in [-0.05, 0) is 84.1 Å². The number of ether oxygens (including phenoxy) is 5. The number of allylic oxidation sites excluding steroid dienone is 2. The molecule has 4 aliphatic rings. The van der Waals surface area contributed by atoms with Gasteiger partial charge in [0.05, 0.1) is 18.2 Å². The van der Waals surface area contributed by atoms with Crippen LogP contribution in [0.3, 0.4) is 0 Å². The molecule has 9 nitrogen and oxygen atoms in total. The molecule has 0 radical (unpaired) electrons. The van der Waals surface area contributed by atoms with Crippen molar-refractivity contribution in [1.82, 2.24) is 4.90 Å². The standard InChI is InChI=1S/C39H59ClN2O7/c1-6-7-8-9-10-11-12-13-14-15-16-17-18-19-20-21-26-41-30(27-31(43)42(37(41)44)29-24-22-28(40)23-25-29)32-33-34(47-38(2,3)46-33)35-36(45-32)49-39(4,5)48-35/h13-14,22-25,30,32-36H,6-12,15-21,26-27H2,1-5H3/b14-13+/t30-,32-,33+,34+,35-,36-/m1/s1. The van der Waals surface area contributed by atoms with E-state index < -0.39 is 48.3 Å². The summed E-state index contributed by atoms with van der Waals surface area (Å²) in [6.07, 6.45) is 18.9. The molecule has 1 aromatic carbocycles. The number of unbranched alkanes of at least 4 members (excludes halogenated alkanes) is 12. The van der Waals surface area contributed by atoms with Crippen molar-refractivity contribution < 1.29 is 33.3 Å². The maximum Gasteiger partial charge on any atom is 0.331 e. The van der Waals surface area contributed by atoms with Crippen LogP contribution in [-0.2, 0) is 28.5 Å². The van der Waals surface area contributed by atoms with Gasteiger partial charge in [0.1, 0.15) is 24.4 Å². The lowest BCUT2D eigenvalue weighted by atomic mass is 9.90. The third-order valence-corrected chi connectivity index (χ3v) is 10.3. The zero-order chi connectivity index (χ0) is 35.0. The molecule has 4 saturated heterocycles. The average Bonchev–Trinajstić information content (AvgIpc) is 3.55. The molecule has 274 valence electrons. The molecule has 1 aromatic rings. The third-order valence-electron chi connectivity index (χ3n) is 10.0. The number of imide groups is 1. The van der Waals surface area contributed by atoms with Gasteiger partial charge in [-0.2, -0.15) is 0 Å². The minimum atomic E-state index is -0.880. The van der Waals surface area contributed by atoms with Gasteiger partial charge in [-0.3, -0.25) is 4.79 Å². The highest BCUT2D eigenvalue weighted by molar-refractivity contribution is 6.30. The largest absolute Gasteiger partial charge is 0.342 e. The van der Waals surface area contributed by atoms with Gasteiger partial charge in [-0.25, -0.2) is 9.69 Å². The first-order valence-corrected chi connectivity index (χ1v) is 19.3. The van der Waals surface area contributed by atoms with Crippen molar-refractivity contribution in [3.63, 3.8) is 0 Å². The van der Waals surface area contributed by atoms with Gasteiger partial charge in [0.15, 0.2) is 17.9 Å². The number of fused-ring (bicyclic) bond motifs is 3. The van der Waals surface area contributed by atoms with Crippen molar-refractivity contribution >= 4 is 29.2 Å². The number of carbonyl (C=O) groups is 2. The van der Waals surface area contributed by atoms with E-state index in [1.54, 1.807) is 24.3 Å². The highest BCUT2D eigenvalue weighted by Crippen LogP contribution is 2.46. The van der Waals surface area contributed by atoms with Crippen LogP contribution in [0.2, 0.25) is 5.02 Å². The van der Waals surface area contributed by atoms with Gasteiger partial charge in [0.2, 0.25) is 5.91 Å². The Morgan fingerprint density at radius 2 is 1.24 bits per heavy atom. The third kappa shape index (κ3) is 10.1. The Bertz CT molecular complexity index is 1250. The fourth-order valence-corrected chi connectivity index (χ4v) is 7.76. The van der Waals surface area contributed by atoms with Crippen LogP contribution in [0.25, 0.3) is 0 Å². The number of benzene rings is 1. The van der Waals surface area contributed by atoms with E-state index in [1.807, 2.05) is 32.6 Å². The predicted octanol–water partition coefficient (Wildman–Crippen LogP) is 9.30. The number of urea groups is 1. The molecule has 5 rings (SSSR count). The molecule has 3 amide bonds. The Morgan fingerprint density at radius 1 is 0.714 bits per heavy atom. The van der Waals surface area contributed by atoms with Gasteiger partial charge in [0, 0.05) is 11.6 Å². The molecule has 4 heterocycles. The van der Waals surface area contributed by atoms with E-state index in [0.29, 0.717) is 17.3 Å². The molecule has 49 heavy (non-hydrogen) atoms. The second-order valence-corrected chi connectivity index (χ2v) is 15.5. The lowest BCUT2D eigenvalue weighted by molar-refractivity contribution is -0.245. The van der Waals surface area contributed by atoms with Gasteiger partial charge in [0.25, 0.3) is 0 Å². The molecule has 0 N–H and O–H groups in total. The van der Waals surface area contributed by atoms with Crippen LogP contribution >= 0.6 is 11.6 Å². The molecule has 4 aliphatic heterocycles. The maximum absolute atomic E-state index is 14.2. The fraction of sp³-hybridized carbons (Fsp3) is 0.744. The first-order valence-electron chi connectivity index (χ1n) is 18.9. The first-order chi connectivity index (χ1) is 23.5. The predicted molar refractivity (Wildman–Crippen MR) is 191 cm³/mol. The van der Waals surface area contributed by atoms with Crippen molar-refractivity contribution in [3.8, 4) is 0 Å². The molecule has 0 spiro atoms. The van der Waals surface area contributed by atoms with Crippen molar-refractivity contribution in [2.24, 2.45) is 0 Å². The van der Waals surface area contributed by atoms with Crippen molar-refractivity contribution in [1.29, 1.82) is 0 Å². The van der Waals surface area contributed by atoms with E-state index in [9.17, 15) is 9.59 Å². The van der Waals surface area contributed by atoms with Crippen LogP contribution in [0.4, 0.5) is 10.5 Å². The number of hydrogen-bond donors (Lipinski definition) is 0. The zero-order valence-electron chi connectivity index (χ0n) is 30.4. The smallest absolute Gasteiger partial charge is 0.331 e. The molecule has 6 atom stereocenters. The first kappa shape index (κ1) is 38.2. The number of halogens is 1. The summed E-state index contributed by atoms with van der Waals surface area (Å²) in [5, 5.41) is 0.540. The summed E-state index contributed by atoms with van der Waals surface area (Å²) in [5.41, 5.74) is 0.502. The summed E-state index contributed by atoms with van der Waals surface area (Å²) >= 11 is 6.13. The summed E-state index contributed by atoms with van der Waals surface area (Å²) in [7, 11) is 0. The minimum Gasteiger partial charge on any atom is -0.342 e. The molecular weight excluding hydrogens is 644 g/mol. The molecule has 10 heteroatoms. The Morgan fingerprint density at radius 3 is 1.88 bits per heavy atom. The lowest BCUT2D eigenvalue weighted by Crippen LogP contribution is -2.67.